The summed E-state index contributed by atoms with van der Waals surface area (Å²) in [6.07, 6.45) is -9.84. The Labute approximate surface area is 149 Å². The molecule has 0 aromatic heterocycles. The van der Waals surface area contributed by atoms with E-state index in [4.69, 9.17) is 9.84 Å². The Kier molecular flexibility index (Phi) is 6.42. The van der Waals surface area contributed by atoms with Crippen molar-refractivity contribution >= 4 is 0 Å². The lowest BCUT2D eigenvalue weighted by atomic mass is 10.0. The summed E-state index contributed by atoms with van der Waals surface area (Å²) in [6, 6.07) is 8.07. The molecule has 0 fully saturated rings. The fraction of sp³-hybridized carbons (Fsp3) is 0.294. The summed E-state index contributed by atoms with van der Waals surface area (Å²) in [5, 5.41) is 8.71. The van der Waals surface area contributed by atoms with Crippen LogP contribution in [-0.4, -0.2) is 31.0 Å². The van der Waals surface area contributed by atoms with Gasteiger partial charge in [-0.15, -0.1) is 26.3 Å². The zero-order valence-electron chi connectivity index (χ0n) is 13.6. The molecule has 0 spiro atoms. The van der Waals surface area contributed by atoms with Crippen LogP contribution in [0.15, 0.2) is 42.5 Å². The van der Waals surface area contributed by atoms with Crippen molar-refractivity contribution in [1.82, 2.24) is 0 Å². The van der Waals surface area contributed by atoms with E-state index in [-0.39, 0.29) is 36.5 Å². The number of benzene rings is 2. The van der Waals surface area contributed by atoms with Crippen LogP contribution in [0.3, 0.4) is 0 Å². The molecule has 0 aliphatic carbocycles. The molecule has 0 saturated carbocycles. The lowest BCUT2D eigenvalue weighted by Crippen LogP contribution is -2.19. The predicted molar refractivity (Wildman–Crippen MR) is 82.4 cm³/mol. The number of hydrogen-bond acceptors (Lipinski definition) is 4. The highest BCUT2D eigenvalue weighted by molar-refractivity contribution is 5.76. The summed E-state index contributed by atoms with van der Waals surface area (Å²) in [6.45, 7) is -0.138. The zero-order valence-corrected chi connectivity index (χ0v) is 13.6. The van der Waals surface area contributed by atoms with Crippen molar-refractivity contribution in [3.63, 3.8) is 0 Å². The van der Waals surface area contributed by atoms with Crippen LogP contribution >= 0.6 is 0 Å². The van der Waals surface area contributed by atoms with Gasteiger partial charge in [-0.1, -0.05) is 18.2 Å². The first-order valence-corrected chi connectivity index (χ1v) is 7.57. The molecule has 0 atom stereocenters. The molecular weight excluding hydrogens is 382 g/mol. The molecule has 1 N–H and O–H groups in total. The van der Waals surface area contributed by atoms with Gasteiger partial charge in [-0.25, -0.2) is 0 Å². The number of alkyl halides is 6. The largest absolute Gasteiger partial charge is 0.573 e. The van der Waals surface area contributed by atoms with Crippen LogP contribution in [0.2, 0.25) is 0 Å². The lowest BCUT2D eigenvalue weighted by molar-refractivity contribution is -0.276. The minimum Gasteiger partial charge on any atom is -0.493 e. The van der Waals surface area contributed by atoms with E-state index >= 15 is 0 Å². The molecule has 148 valence electrons. The van der Waals surface area contributed by atoms with Crippen molar-refractivity contribution in [2.45, 2.75) is 19.1 Å². The van der Waals surface area contributed by atoms with Crippen LogP contribution in [0.25, 0.3) is 11.1 Å². The van der Waals surface area contributed by atoms with E-state index in [0.717, 1.165) is 18.2 Å². The minimum atomic E-state index is -5.07. The van der Waals surface area contributed by atoms with Gasteiger partial charge in [0.15, 0.2) is 0 Å². The van der Waals surface area contributed by atoms with Crippen LogP contribution in [0.5, 0.6) is 17.2 Å². The van der Waals surface area contributed by atoms with Crippen LogP contribution in [0, 0.1) is 0 Å². The average molecular weight is 396 g/mol. The highest BCUT2D eigenvalue weighted by Gasteiger charge is 2.34. The van der Waals surface area contributed by atoms with E-state index in [1.165, 1.54) is 24.3 Å². The fourth-order valence-electron chi connectivity index (χ4n) is 2.18. The molecule has 2 aromatic carbocycles. The molecule has 10 heteroatoms. The van der Waals surface area contributed by atoms with E-state index in [1.54, 1.807) is 0 Å². The number of hydrogen-bond donors (Lipinski definition) is 1. The quantitative estimate of drug-likeness (QED) is 0.534. The van der Waals surface area contributed by atoms with E-state index in [0.29, 0.717) is 0 Å². The van der Waals surface area contributed by atoms with E-state index in [9.17, 15) is 26.3 Å². The van der Waals surface area contributed by atoms with Gasteiger partial charge in [0.1, 0.15) is 17.2 Å². The number of aliphatic hydroxyl groups is 1. The monoisotopic (exact) mass is 396 g/mol. The summed E-state index contributed by atoms with van der Waals surface area (Å²) >= 11 is 0. The van der Waals surface area contributed by atoms with Gasteiger partial charge in [0.05, 0.1) is 6.61 Å². The smallest absolute Gasteiger partial charge is 0.493 e. The van der Waals surface area contributed by atoms with Crippen molar-refractivity contribution in [1.29, 1.82) is 0 Å². The van der Waals surface area contributed by atoms with Crippen LogP contribution in [0.1, 0.15) is 6.42 Å². The third-order valence-electron chi connectivity index (χ3n) is 3.15. The van der Waals surface area contributed by atoms with Gasteiger partial charge in [-0.2, -0.15) is 0 Å². The first-order valence-electron chi connectivity index (χ1n) is 7.57. The molecule has 2 aromatic rings. The zero-order chi connectivity index (χ0) is 20.1. The normalized spacial score (nSPS) is 12.0. The van der Waals surface area contributed by atoms with E-state index < -0.39 is 24.2 Å². The van der Waals surface area contributed by atoms with Gasteiger partial charge < -0.3 is 19.3 Å². The molecule has 0 bridgehead atoms. The molecule has 27 heavy (non-hydrogen) atoms. The molecule has 0 aliphatic rings. The molecule has 0 heterocycles. The first-order chi connectivity index (χ1) is 12.6. The highest BCUT2D eigenvalue weighted by atomic mass is 19.4. The third-order valence-corrected chi connectivity index (χ3v) is 3.15. The van der Waals surface area contributed by atoms with Gasteiger partial charge in [0, 0.05) is 30.2 Å². The van der Waals surface area contributed by atoms with Crippen molar-refractivity contribution in [3.05, 3.63) is 42.5 Å². The average Bonchev–Trinajstić information content (AvgIpc) is 2.53. The number of para-hydroxylation sites is 1. The van der Waals surface area contributed by atoms with Crippen molar-refractivity contribution in [2.24, 2.45) is 0 Å². The van der Waals surface area contributed by atoms with Gasteiger partial charge in [0.2, 0.25) is 0 Å². The summed E-state index contributed by atoms with van der Waals surface area (Å²) in [5.74, 6) is -1.42. The second-order valence-electron chi connectivity index (χ2n) is 5.18. The Morgan fingerprint density at radius 3 is 2.00 bits per heavy atom. The maximum Gasteiger partial charge on any atom is 0.573 e. The Morgan fingerprint density at radius 2 is 1.37 bits per heavy atom. The number of aliphatic hydroxyl groups excluding tert-OH is 1. The molecule has 0 radical (unpaired) electrons. The SMILES string of the molecule is OCCCOc1ccc(-c2ccccc2OC(F)(F)F)c(OC(F)(F)F)c1. The second kappa shape index (κ2) is 8.38. The number of ether oxygens (including phenoxy) is 3. The summed E-state index contributed by atoms with van der Waals surface area (Å²) in [5.41, 5.74) is -0.502. The standard InChI is InChI=1S/C17H14F6O4/c18-16(19,20)26-14-5-2-1-4-12(14)13-7-6-11(25-9-3-8-24)10-15(13)27-17(21,22)23/h1-2,4-7,10,24H,3,8-9H2. The van der Waals surface area contributed by atoms with Crippen molar-refractivity contribution in [2.75, 3.05) is 13.2 Å². The summed E-state index contributed by atoms with van der Waals surface area (Å²) < 4.78 is 89.0. The molecule has 0 aliphatic heterocycles. The van der Waals surface area contributed by atoms with Crippen LogP contribution < -0.4 is 14.2 Å². The maximum atomic E-state index is 12.7. The number of halogens is 6. The molecule has 0 unspecified atom stereocenters. The third kappa shape index (κ3) is 6.55. The molecular formula is C17H14F6O4. The molecule has 2 rings (SSSR count). The lowest BCUT2D eigenvalue weighted by Gasteiger charge is -2.18. The number of rotatable bonds is 7. The molecule has 4 nitrogen and oxygen atoms in total. The minimum absolute atomic E-state index is 0.000621. The molecule has 0 amide bonds. The van der Waals surface area contributed by atoms with Crippen LogP contribution in [0.4, 0.5) is 26.3 Å². The van der Waals surface area contributed by atoms with Gasteiger partial charge in [0.25, 0.3) is 0 Å². The first kappa shape index (κ1) is 20.7. The van der Waals surface area contributed by atoms with Gasteiger partial charge in [-0.05, 0) is 18.2 Å². The highest BCUT2D eigenvalue weighted by Crippen LogP contribution is 2.41. The maximum absolute atomic E-state index is 12.7. The summed E-state index contributed by atoms with van der Waals surface area (Å²) in [4.78, 5) is 0. The van der Waals surface area contributed by atoms with E-state index in [2.05, 4.69) is 9.47 Å². The Bertz CT molecular complexity index is 758. The summed E-state index contributed by atoms with van der Waals surface area (Å²) in [7, 11) is 0. The van der Waals surface area contributed by atoms with Crippen LogP contribution in [-0.2, 0) is 0 Å². The Balaban J connectivity index is 2.46. The molecule has 0 saturated heterocycles. The Morgan fingerprint density at radius 1 is 0.778 bits per heavy atom. The van der Waals surface area contributed by atoms with Gasteiger partial charge >= 0.3 is 12.7 Å². The predicted octanol–water partition coefficient (Wildman–Crippen LogP) is 4.91. The fourth-order valence-corrected chi connectivity index (χ4v) is 2.18. The van der Waals surface area contributed by atoms with Gasteiger partial charge in [-0.3, -0.25) is 0 Å². The second-order valence-corrected chi connectivity index (χ2v) is 5.18. The topological polar surface area (TPSA) is 47.9 Å². The Hall–Kier alpha value is -2.62. The van der Waals surface area contributed by atoms with E-state index in [1.807, 2.05) is 0 Å². The van der Waals surface area contributed by atoms with Crippen molar-refractivity contribution < 1.29 is 45.7 Å². The van der Waals surface area contributed by atoms with Crippen molar-refractivity contribution in [3.8, 4) is 28.4 Å².